The minimum atomic E-state index is -3.98. The molecule has 0 bridgehead atoms. The van der Waals surface area contributed by atoms with Crippen LogP contribution < -0.4 is 19.5 Å². The standard InChI is InChI=1S/C17H16N6O6S/c1-28-15-10-14(20-17(21-15)29-2)22-30(26,27)12-7-5-11(6-8-12)19-16-13(23(24)25)4-3-9-18-16/h3-10H,1-2H3,(H,18,19)(H,20,21,22). The molecule has 3 aromatic rings. The average molecular weight is 432 g/mol. The number of benzene rings is 1. The summed E-state index contributed by atoms with van der Waals surface area (Å²) in [5, 5.41) is 13.9. The molecule has 2 aromatic heterocycles. The summed E-state index contributed by atoms with van der Waals surface area (Å²) in [6, 6.07) is 9.55. The molecule has 0 amide bonds. The van der Waals surface area contributed by atoms with Gasteiger partial charge in [0.15, 0.2) is 5.82 Å². The van der Waals surface area contributed by atoms with Crippen LogP contribution in [0.25, 0.3) is 0 Å². The van der Waals surface area contributed by atoms with E-state index in [4.69, 9.17) is 9.47 Å². The molecule has 0 atom stereocenters. The fourth-order valence-electron chi connectivity index (χ4n) is 2.34. The number of anilines is 3. The van der Waals surface area contributed by atoms with Gasteiger partial charge in [0, 0.05) is 24.0 Å². The van der Waals surface area contributed by atoms with E-state index in [0.717, 1.165) is 0 Å². The predicted molar refractivity (Wildman–Crippen MR) is 107 cm³/mol. The SMILES string of the molecule is COc1cc(NS(=O)(=O)c2ccc(Nc3ncccc3[N+](=O)[O-])cc2)nc(OC)n1. The van der Waals surface area contributed by atoms with Gasteiger partial charge in [-0.05, 0) is 30.3 Å². The van der Waals surface area contributed by atoms with Gasteiger partial charge in [0.1, 0.15) is 0 Å². The first-order valence-electron chi connectivity index (χ1n) is 8.29. The molecule has 0 saturated heterocycles. The van der Waals surface area contributed by atoms with E-state index in [-0.39, 0.29) is 34.1 Å². The summed E-state index contributed by atoms with van der Waals surface area (Å²) in [6.07, 6.45) is 1.41. The number of ether oxygens (including phenoxy) is 2. The van der Waals surface area contributed by atoms with Crippen molar-refractivity contribution in [3.05, 3.63) is 58.8 Å². The van der Waals surface area contributed by atoms with Crippen molar-refractivity contribution < 1.29 is 22.8 Å². The van der Waals surface area contributed by atoms with Crippen LogP contribution in [0.5, 0.6) is 11.9 Å². The van der Waals surface area contributed by atoms with Crippen LogP contribution in [0.4, 0.5) is 23.0 Å². The second-order valence-corrected chi connectivity index (χ2v) is 7.35. The van der Waals surface area contributed by atoms with E-state index in [0.29, 0.717) is 5.69 Å². The number of methoxy groups -OCH3 is 2. The summed E-state index contributed by atoms with van der Waals surface area (Å²) < 4.78 is 37.5. The van der Waals surface area contributed by atoms with Gasteiger partial charge in [-0.2, -0.15) is 9.97 Å². The maximum Gasteiger partial charge on any atom is 0.321 e. The molecule has 0 aliphatic rings. The number of hydrogen-bond acceptors (Lipinski definition) is 10. The molecule has 2 heterocycles. The van der Waals surface area contributed by atoms with Gasteiger partial charge >= 0.3 is 11.7 Å². The number of sulfonamides is 1. The summed E-state index contributed by atoms with van der Waals surface area (Å²) in [6.45, 7) is 0. The smallest absolute Gasteiger partial charge is 0.321 e. The fourth-order valence-corrected chi connectivity index (χ4v) is 3.34. The lowest BCUT2D eigenvalue weighted by molar-refractivity contribution is -0.384. The zero-order chi connectivity index (χ0) is 21.7. The first kappa shape index (κ1) is 20.7. The molecule has 156 valence electrons. The van der Waals surface area contributed by atoms with Crippen molar-refractivity contribution >= 4 is 33.0 Å². The molecule has 1 aromatic carbocycles. The minimum Gasteiger partial charge on any atom is -0.481 e. The van der Waals surface area contributed by atoms with E-state index in [9.17, 15) is 18.5 Å². The van der Waals surface area contributed by atoms with Crippen LogP contribution in [0.15, 0.2) is 53.6 Å². The van der Waals surface area contributed by atoms with Crippen LogP contribution in [0, 0.1) is 10.1 Å². The lowest BCUT2D eigenvalue weighted by Crippen LogP contribution is -2.14. The molecule has 0 fully saturated rings. The van der Waals surface area contributed by atoms with E-state index in [1.165, 1.54) is 62.9 Å². The molecular weight excluding hydrogens is 416 g/mol. The number of rotatable bonds is 8. The molecule has 3 rings (SSSR count). The third-order valence-electron chi connectivity index (χ3n) is 3.72. The molecule has 0 aliphatic carbocycles. The highest BCUT2D eigenvalue weighted by atomic mass is 32.2. The van der Waals surface area contributed by atoms with Crippen molar-refractivity contribution in [1.82, 2.24) is 15.0 Å². The highest BCUT2D eigenvalue weighted by Gasteiger charge is 2.18. The summed E-state index contributed by atoms with van der Waals surface area (Å²) >= 11 is 0. The zero-order valence-electron chi connectivity index (χ0n) is 15.8. The summed E-state index contributed by atoms with van der Waals surface area (Å²) in [5.41, 5.74) is 0.212. The minimum absolute atomic E-state index is 0.0370. The first-order valence-corrected chi connectivity index (χ1v) is 9.77. The topological polar surface area (TPSA) is 158 Å². The maximum atomic E-state index is 12.6. The van der Waals surface area contributed by atoms with Crippen molar-refractivity contribution in [3.8, 4) is 11.9 Å². The molecule has 12 nitrogen and oxygen atoms in total. The Morgan fingerprint density at radius 3 is 2.43 bits per heavy atom. The van der Waals surface area contributed by atoms with Gasteiger partial charge in [0.25, 0.3) is 10.0 Å². The Labute approximate surface area is 171 Å². The third-order valence-corrected chi connectivity index (χ3v) is 5.09. The van der Waals surface area contributed by atoms with Gasteiger partial charge in [-0.25, -0.2) is 13.4 Å². The molecule has 0 saturated carbocycles. The Morgan fingerprint density at radius 2 is 1.80 bits per heavy atom. The molecule has 0 aliphatic heterocycles. The number of hydrogen-bond donors (Lipinski definition) is 2. The number of nitro groups is 1. The Morgan fingerprint density at radius 1 is 1.07 bits per heavy atom. The van der Waals surface area contributed by atoms with E-state index < -0.39 is 14.9 Å². The van der Waals surface area contributed by atoms with Crippen molar-refractivity contribution in [2.45, 2.75) is 4.90 Å². The van der Waals surface area contributed by atoms with Gasteiger partial charge in [0.2, 0.25) is 11.7 Å². The van der Waals surface area contributed by atoms with Gasteiger partial charge in [-0.3, -0.25) is 14.8 Å². The van der Waals surface area contributed by atoms with E-state index >= 15 is 0 Å². The molecule has 2 N–H and O–H groups in total. The molecule has 30 heavy (non-hydrogen) atoms. The number of aromatic nitrogens is 3. The molecular formula is C17H16N6O6S. The van der Waals surface area contributed by atoms with Crippen LogP contribution in [0.1, 0.15) is 0 Å². The second-order valence-electron chi connectivity index (χ2n) is 5.67. The monoisotopic (exact) mass is 432 g/mol. The van der Waals surface area contributed by atoms with Crippen molar-refractivity contribution in [2.75, 3.05) is 24.3 Å². The largest absolute Gasteiger partial charge is 0.481 e. The number of nitrogens with one attached hydrogen (secondary N) is 2. The average Bonchev–Trinajstić information content (AvgIpc) is 2.73. The first-order chi connectivity index (χ1) is 14.3. The van der Waals surface area contributed by atoms with Gasteiger partial charge in [-0.1, -0.05) is 0 Å². The van der Waals surface area contributed by atoms with Crippen LogP contribution in [0.2, 0.25) is 0 Å². The van der Waals surface area contributed by atoms with Gasteiger partial charge in [-0.15, -0.1) is 0 Å². The summed E-state index contributed by atoms with van der Waals surface area (Å²) in [4.78, 5) is 22.2. The van der Waals surface area contributed by atoms with Crippen LogP contribution in [0.3, 0.4) is 0 Å². The van der Waals surface area contributed by atoms with Gasteiger partial charge < -0.3 is 14.8 Å². The molecule has 13 heteroatoms. The Bertz CT molecular complexity index is 1150. The fraction of sp³-hybridized carbons (Fsp3) is 0.118. The van der Waals surface area contributed by atoms with Crippen LogP contribution in [-0.2, 0) is 10.0 Å². The molecule has 0 unspecified atom stereocenters. The summed E-state index contributed by atoms with van der Waals surface area (Å²) in [7, 11) is -1.27. The van der Waals surface area contributed by atoms with E-state index in [1.807, 2.05) is 0 Å². The zero-order valence-corrected chi connectivity index (χ0v) is 16.6. The number of pyridine rings is 1. The van der Waals surface area contributed by atoms with E-state index in [1.54, 1.807) is 0 Å². The van der Waals surface area contributed by atoms with Crippen molar-refractivity contribution in [1.29, 1.82) is 0 Å². The third kappa shape index (κ3) is 4.70. The van der Waals surface area contributed by atoms with Crippen LogP contribution >= 0.6 is 0 Å². The quantitative estimate of drug-likeness (QED) is 0.399. The Kier molecular flexibility index (Phi) is 5.92. The van der Waals surface area contributed by atoms with E-state index in [2.05, 4.69) is 25.0 Å². The Balaban J connectivity index is 1.81. The highest BCUT2D eigenvalue weighted by Crippen LogP contribution is 2.26. The van der Waals surface area contributed by atoms with Crippen molar-refractivity contribution in [3.63, 3.8) is 0 Å². The normalized spacial score (nSPS) is 10.9. The van der Waals surface area contributed by atoms with Crippen LogP contribution in [-0.4, -0.2) is 42.5 Å². The lowest BCUT2D eigenvalue weighted by Gasteiger charge is -2.10. The maximum absolute atomic E-state index is 12.6. The Hall–Kier alpha value is -4.00. The summed E-state index contributed by atoms with van der Waals surface area (Å²) in [5.74, 6) is 0.123. The molecule has 0 radical (unpaired) electrons. The predicted octanol–water partition coefficient (Wildman–Crippen LogP) is 2.34. The second kappa shape index (κ2) is 8.57. The van der Waals surface area contributed by atoms with Crippen molar-refractivity contribution in [2.24, 2.45) is 0 Å². The highest BCUT2D eigenvalue weighted by molar-refractivity contribution is 7.92. The lowest BCUT2D eigenvalue weighted by atomic mass is 10.3. The number of nitrogens with zero attached hydrogens (tertiary/aromatic N) is 4. The molecule has 0 spiro atoms. The van der Waals surface area contributed by atoms with Gasteiger partial charge in [0.05, 0.1) is 24.0 Å².